The Morgan fingerprint density at radius 2 is 2.33 bits per heavy atom. The Morgan fingerprint density at radius 3 is 2.87 bits per heavy atom. The third-order valence-electron chi connectivity index (χ3n) is 2.31. The van der Waals surface area contributed by atoms with Crippen molar-refractivity contribution < 1.29 is 19.4 Å². The third-order valence-corrected chi connectivity index (χ3v) is 3.25. The maximum absolute atomic E-state index is 11.2. The number of carboxylic acids is 1. The molecule has 0 aliphatic carbocycles. The molecule has 1 amide bonds. The molecule has 1 saturated heterocycles. The average Bonchev–Trinajstić information content (AvgIpc) is 2.43. The van der Waals surface area contributed by atoms with Crippen LogP contribution < -0.4 is 0 Å². The lowest BCUT2D eigenvalue weighted by Gasteiger charge is -2.16. The highest BCUT2D eigenvalue weighted by Crippen LogP contribution is 2.22. The zero-order valence-corrected chi connectivity index (χ0v) is 9.62. The first kappa shape index (κ1) is 12.2. The zero-order valence-electron chi connectivity index (χ0n) is 8.80. The van der Waals surface area contributed by atoms with Gasteiger partial charge in [-0.3, -0.25) is 4.90 Å². The van der Waals surface area contributed by atoms with E-state index in [-0.39, 0.29) is 0 Å². The van der Waals surface area contributed by atoms with Gasteiger partial charge in [0.2, 0.25) is 0 Å². The van der Waals surface area contributed by atoms with Crippen LogP contribution in [0.5, 0.6) is 0 Å². The predicted molar refractivity (Wildman–Crippen MR) is 57.1 cm³/mol. The lowest BCUT2D eigenvalue weighted by atomic mass is 10.1. The summed E-state index contributed by atoms with van der Waals surface area (Å²) in [7, 11) is 1.45. The van der Waals surface area contributed by atoms with Crippen molar-refractivity contribution in [3.05, 3.63) is 0 Å². The van der Waals surface area contributed by atoms with E-state index in [0.29, 0.717) is 6.42 Å². The predicted octanol–water partition coefficient (Wildman–Crippen LogP) is 1.03. The molecule has 1 N–H and O–H groups in total. The van der Waals surface area contributed by atoms with Crippen LogP contribution in [0.3, 0.4) is 0 Å². The summed E-state index contributed by atoms with van der Waals surface area (Å²) in [4.78, 5) is 23.2. The zero-order chi connectivity index (χ0) is 11.4. The summed E-state index contributed by atoms with van der Waals surface area (Å²) in [5, 5.41) is 8.95. The molecule has 0 aromatic heterocycles. The first-order valence-corrected chi connectivity index (χ1v) is 5.97. The number of ether oxygens (including phenoxy) is 1. The van der Waals surface area contributed by atoms with E-state index in [0.717, 1.165) is 16.4 Å². The van der Waals surface area contributed by atoms with Gasteiger partial charge in [0.05, 0.1) is 0 Å². The Hall–Kier alpha value is -0.910. The van der Waals surface area contributed by atoms with E-state index in [2.05, 4.69) is 0 Å². The number of carboxylic acid groups (broad SMARTS) is 1. The fourth-order valence-corrected chi connectivity index (χ4v) is 2.21. The van der Waals surface area contributed by atoms with E-state index < -0.39 is 24.2 Å². The molecule has 15 heavy (non-hydrogen) atoms. The van der Waals surface area contributed by atoms with Gasteiger partial charge in [-0.1, -0.05) is 6.92 Å². The van der Waals surface area contributed by atoms with Crippen LogP contribution in [0.25, 0.3) is 0 Å². The Morgan fingerprint density at radius 1 is 1.67 bits per heavy atom. The van der Waals surface area contributed by atoms with Crippen LogP contribution in [0.15, 0.2) is 0 Å². The maximum atomic E-state index is 11.2. The number of aliphatic carboxylic acids is 1. The molecule has 1 fully saturated rings. The molecular formula is C9H15NO4S. The van der Waals surface area contributed by atoms with Crippen molar-refractivity contribution in [1.82, 2.24) is 4.90 Å². The van der Waals surface area contributed by atoms with E-state index in [1.165, 1.54) is 7.05 Å². The Balaban J connectivity index is 2.55. The molecule has 5 nitrogen and oxygen atoms in total. The first-order chi connectivity index (χ1) is 7.07. The van der Waals surface area contributed by atoms with Crippen molar-refractivity contribution in [3.8, 4) is 0 Å². The summed E-state index contributed by atoms with van der Waals surface area (Å²) < 4.78 is 4.99. The molecule has 0 aromatic carbocycles. The van der Waals surface area contributed by atoms with Gasteiger partial charge in [-0.15, -0.1) is 0 Å². The Kier molecular flexibility index (Phi) is 4.26. The highest BCUT2D eigenvalue weighted by molar-refractivity contribution is 7.99. The highest BCUT2D eigenvalue weighted by Gasteiger charge is 2.43. The number of nitrogens with zero attached hydrogens (tertiary/aromatic N) is 1. The number of cyclic esters (lactones) is 1. The number of thioether (sulfide) groups is 1. The van der Waals surface area contributed by atoms with Crippen molar-refractivity contribution in [2.24, 2.45) is 0 Å². The van der Waals surface area contributed by atoms with Crippen LogP contribution >= 0.6 is 11.8 Å². The summed E-state index contributed by atoms with van der Waals surface area (Å²) >= 11 is 1.71. The number of hydrogen-bond acceptors (Lipinski definition) is 4. The van der Waals surface area contributed by atoms with Crippen molar-refractivity contribution in [2.75, 3.05) is 18.6 Å². The largest absolute Gasteiger partial charge is 0.480 e. The van der Waals surface area contributed by atoms with Crippen LogP contribution in [-0.2, 0) is 9.53 Å². The molecule has 0 unspecified atom stereocenters. The van der Waals surface area contributed by atoms with Crippen LogP contribution in [0, 0.1) is 0 Å². The van der Waals surface area contributed by atoms with Gasteiger partial charge < -0.3 is 9.84 Å². The van der Waals surface area contributed by atoms with E-state index in [1.807, 2.05) is 6.92 Å². The summed E-state index contributed by atoms with van der Waals surface area (Å²) in [6.45, 7) is 2.03. The molecule has 2 atom stereocenters. The number of carbonyl (C=O) groups is 2. The average molecular weight is 233 g/mol. The minimum Gasteiger partial charge on any atom is -0.480 e. The smallest absolute Gasteiger partial charge is 0.410 e. The van der Waals surface area contributed by atoms with Crippen LogP contribution in [0.4, 0.5) is 4.79 Å². The molecule has 0 aromatic rings. The molecule has 1 aliphatic heterocycles. The van der Waals surface area contributed by atoms with E-state index in [1.54, 1.807) is 11.8 Å². The molecule has 1 heterocycles. The minimum atomic E-state index is -1.00. The van der Waals surface area contributed by atoms with Crippen molar-refractivity contribution >= 4 is 23.8 Å². The van der Waals surface area contributed by atoms with Crippen molar-refractivity contribution in [3.63, 3.8) is 0 Å². The molecule has 1 rings (SSSR count). The number of rotatable bonds is 5. The maximum Gasteiger partial charge on any atom is 0.410 e. The fourth-order valence-electron chi connectivity index (χ4n) is 1.53. The summed E-state index contributed by atoms with van der Waals surface area (Å²) in [6, 6.07) is -0.838. The SMILES string of the molecule is CCSCC[C@H]1OC(=O)N(C)[C@@H]1C(=O)O. The number of hydrogen-bond donors (Lipinski definition) is 1. The third kappa shape index (κ3) is 2.77. The lowest BCUT2D eigenvalue weighted by molar-refractivity contribution is -0.142. The van der Waals surface area contributed by atoms with Crippen molar-refractivity contribution in [2.45, 2.75) is 25.5 Å². The monoisotopic (exact) mass is 233 g/mol. The van der Waals surface area contributed by atoms with E-state index in [9.17, 15) is 9.59 Å². The van der Waals surface area contributed by atoms with Gasteiger partial charge in [0.1, 0.15) is 6.10 Å². The van der Waals surface area contributed by atoms with Crippen molar-refractivity contribution in [1.29, 1.82) is 0 Å². The fraction of sp³-hybridized carbons (Fsp3) is 0.778. The van der Waals surface area contributed by atoms with E-state index >= 15 is 0 Å². The number of carbonyl (C=O) groups excluding carboxylic acids is 1. The molecule has 0 radical (unpaired) electrons. The quantitative estimate of drug-likeness (QED) is 0.718. The normalized spacial score (nSPS) is 25.5. The van der Waals surface area contributed by atoms with Gasteiger partial charge in [-0.2, -0.15) is 11.8 Å². The van der Waals surface area contributed by atoms with Gasteiger partial charge in [0.25, 0.3) is 0 Å². The second-order valence-electron chi connectivity index (χ2n) is 3.30. The van der Waals surface area contributed by atoms with Gasteiger partial charge >= 0.3 is 12.1 Å². The second-order valence-corrected chi connectivity index (χ2v) is 4.70. The van der Waals surface area contributed by atoms with Crippen LogP contribution in [0.1, 0.15) is 13.3 Å². The summed E-state index contributed by atoms with van der Waals surface area (Å²) in [5.41, 5.74) is 0. The second kappa shape index (κ2) is 5.25. The standard InChI is InChI=1S/C9H15NO4S/c1-3-15-5-4-6-7(8(11)12)10(2)9(13)14-6/h6-7H,3-5H2,1-2H3,(H,11,12)/t6-,7+/m1/s1. The minimum absolute atomic E-state index is 0.515. The van der Waals surface area contributed by atoms with Gasteiger partial charge in [-0.05, 0) is 17.9 Å². The number of likely N-dealkylation sites (N-methyl/N-ethyl adjacent to an activating group) is 1. The molecule has 0 saturated carbocycles. The van der Waals surface area contributed by atoms with Gasteiger partial charge in [0.15, 0.2) is 6.04 Å². The molecule has 86 valence electrons. The number of amides is 1. The van der Waals surface area contributed by atoms with Crippen LogP contribution in [0.2, 0.25) is 0 Å². The summed E-state index contributed by atoms with van der Waals surface area (Å²) in [6.07, 6.45) is -0.473. The topological polar surface area (TPSA) is 66.8 Å². The molecule has 1 aliphatic rings. The van der Waals surface area contributed by atoms with Gasteiger partial charge in [-0.25, -0.2) is 9.59 Å². The van der Waals surface area contributed by atoms with Gasteiger partial charge in [0, 0.05) is 7.05 Å². The molecular weight excluding hydrogens is 218 g/mol. The lowest BCUT2D eigenvalue weighted by Crippen LogP contribution is -2.40. The first-order valence-electron chi connectivity index (χ1n) is 4.82. The van der Waals surface area contributed by atoms with Crippen LogP contribution in [-0.4, -0.2) is 52.8 Å². The highest BCUT2D eigenvalue weighted by atomic mass is 32.2. The summed E-state index contributed by atoms with van der Waals surface area (Å²) in [5.74, 6) is 0.787. The molecule has 0 bridgehead atoms. The Labute approximate surface area is 92.8 Å². The Bertz CT molecular complexity index is 258. The molecule has 0 spiro atoms. The molecule has 6 heteroatoms. The van der Waals surface area contributed by atoms with E-state index in [4.69, 9.17) is 9.84 Å².